The lowest BCUT2D eigenvalue weighted by atomic mass is 9.94. The van der Waals surface area contributed by atoms with Crippen molar-refractivity contribution >= 4 is 39.7 Å². The molecule has 0 unspecified atom stereocenters. The van der Waals surface area contributed by atoms with E-state index in [9.17, 15) is 9.59 Å². The number of aromatic amines is 1. The average molecular weight is 505 g/mol. The summed E-state index contributed by atoms with van der Waals surface area (Å²) < 4.78 is 0. The molecule has 2 aliphatic rings. The zero-order valence-electron chi connectivity index (χ0n) is 21.8. The number of H-pyrrole nitrogens is 1. The van der Waals surface area contributed by atoms with Crippen molar-refractivity contribution in [1.82, 2.24) is 9.88 Å². The Morgan fingerprint density at radius 3 is 2.47 bits per heavy atom. The predicted octanol–water partition coefficient (Wildman–Crippen LogP) is 6.50. The number of benzene rings is 3. The Hall–Kier alpha value is -4.32. The first-order valence-corrected chi connectivity index (χ1v) is 13.3. The number of carbonyl (C=O) groups excluding carboxylic acids is 2. The van der Waals surface area contributed by atoms with E-state index in [2.05, 4.69) is 71.8 Å². The number of hydrogen-bond acceptors (Lipinski definition) is 3. The second kappa shape index (κ2) is 9.53. The predicted molar refractivity (Wildman–Crippen MR) is 154 cm³/mol. The fraction of sp³-hybridized carbons (Fsp3) is 0.250. The molecule has 192 valence electrons. The normalized spacial score (nSPS) is 15.4. The van der Waals surface area contributed by atoms with Gasteiger partial charge in [0.15, 0.2) is 0 Å². The van der Waals surface area contributed by atoms with Gasteiger partial charge in [-0.1, -0.05) is 36.4 Å². The fourth-order valence-electron chi connectivity index (χ4n) is 5.51. The highest BCUT2D eigenvalue weighted by Gasteiger charge is 2.23. The molecule has 0 atom stereocenters. The maximum Gasteiger partial charge on any atom is 0.250 e. The maximum absolute atomic E-state index is 12.3. The summed E-state index contributed by atoms with van der Waals surface area (Å²) in [6.45, 7) is 4.99. The molecule has 4 aromatic rings. The lowest BCUT2D eigenvalue weighted by Crippen LogP contribution is -2.32. The largest absolute Gasteiger partial charge is 0.366 e. The van der Waals surface area contributed by atoms with E-state index in [1.165, 1.54) is 18.4 Å². The molecule has 0 radical (unpaired) electrons. The van der Waals surface area contributed by atoms with Crippen LogP contribution in [-0.2, 0) is 4.79 Å². The summed E-state index contributed by atoms with van der Waals surface area (Å²) in [6, 6.07) is 20.9. The topological polar surface area (TPSA) is 91.2 Å². The highest BCUT2D eigenvalue weighted by atomic mass is 16.2. The van der Waals surface area contributed by atoms with Crippen LogP contribution < -0.4 is 11.1 Å². The van der Waals surface area contributed by atoms with Gasteiger partial charge in [-0.05, 0) is 90.3 Å². The lowest BCUT2D eigenvalue weighted by Gasteiger charge is -2.24. The van der Waals surface area contributed by atoms with E-state index in [0.29, 0.717) is 18.7 Å². The van der Waals surface area contributed by atoms with Gasteiger partial charge >= 0.3 is 0 Å². The monoisotopic (exact) mass is 504 g/mol. The molecule has 6 nitrogen and oxygen atoms in total. The van der Waals surface area contributed by atoms with Crippen LogP contribution in [-0.4, -0.2) is 34.8 Å². The molecular weight excluding hydrogens is 472 g/mol. The van der Waals surface area contributed by atoms with Gasteiger partial charge < -0.3 is 20.9 Å². The molecule has 6 rings (SSSR count). The van der Waals surface area contributed by atoms with E-state index in [-0.39, 0.29) is 5.91 Å². The third kappa shape index (κ3) is 4.47. The number of nitrogens with one attached hydrogen (secondary N) is 2. The van der Waals surface area contributed by atoms with Crippen molar-refractivity contribution in [2.75, 3.05) is 18.4 Å². The summed E-state index contributed by atoms with van der Waals surface area (Å²) in [5.41, 5.74) is 15.9. The Bertz CT molecular complexity index is 1590. The quantitative estimate of drug-likeness (QED) is 0.280. The van der Waals surface area contributed by atoms with Gasteiger partial charge in [0.1, 0.15) is 0 Å². The van der Waals surface area contributed by atoms with Crippen molar-refractivity contribution in [3.05, 3.63) is 89.1 Å². The Morgan fingerprint density at radius 2 is 1.82 bits per heavy atom. The van der Waals surface area contributed by atoms with Crippen LogP contribution in [0.1, 0.15) is 59.3 Å². The molecule has 2 heterocycles. The van der Waals surface area contributed by atoms with Gasteiger partial charge in [-0.25, -0.2) is 0 Å². The van der Waals surface area contributed by atoms with Crippen LogP contribution in [0.5, 0.6) is 0 Å². The Labute approximate surface area is 222 Å². The number of rotatable bonds is 6. The minimum Gasteiger partial charge on any atom is -0.366 e. The summed E-state index contributed by atoms with van der Waals surface area (Å²) in [6.07, 6.45) is 5.44. The van der Waals surface area contributed by atoms with Crippen molar-refractivity contribution in [1.29, 1.82) is 0 Å². The van der Waals surface area contributed by atoms with E-state index in [4.69, 9.17) is 5.73 Å². The standard InChI is InChI=1S/C32H32N4O2/c1-19-25(4-3-5-29(19)34-24-10-8-22(9-11-24)21-6-7-21)26-12-13-27(32(33)38)31-28(26)18-30(35-31)23-14-16-36(17-15-23)20(2)37/h3-5,8-14,18,21,34-35H,6-7,15-17H2,1-2H3,(H2,33,38). The molecule has 0 saturated heterocycles. The van der Waals surface area contributed by atoms with Crippen molar-refractivity contribution in [3.63, 3.8) is 0 Å². The van der Waals surface area contributed by atoms with Crippen LogP contribution in [0, 0.1) is 6.92 Å². The minimum atomic E-state index is -0.461. The molecule has 1 saturated carbocycles. The molecule has 38 heavy (non-hydrogen) atoms. The molecular formula is C32H32N4O2. The first-order valence-electron chi connectivity index (χ1n) is 13.3. The van der Waals surface area contributed by atoms with Crippen molar-refractivity contribution < 1.29 is 9.59 Å². The molecule has 1 fully saturated rings. The van der Waals surface area contributed by atoms with Crippen LogP contribution in [0.3, 0.4) is 0 Å². The molecule has 2 amide bonds. The van der Waals surface area contributed by atoms with Crippen molar-refractivity contribution in [3.8, 4) is 11.1 Å². The Balaban J connectivity index is 1.38. The Morgan fingerprint density at radius 1 is 1.03 bits per heavy atom. The number of amides is 2. The smallest absolute Gasteiger partial charge is 0.250 e. The van der Waals surface area contributed by atoms with Crippen LogP contribution in [0.15, 0.2) is 66.7 Å². The first kappa shape index (κ1) is 24.0. The van der Waals surface area contributed by atoms with E-state index in [0.717, 1.165) is 62.6 Å². The van der Waals surface area contributed by atoms with Crippen LogP contribution in [0.4, 0.5) is 11.4 Å². The van der Waals surface area contributed by atoms with E-state index < -0.39 is 5.91 Å². The van der Waals surface area contributed by atoms with Gasteiger partial charge in [0.2, 0.25) is 5.91 Å². The SMILES string of the molecule is CC(=O)N1CC=C(c2cc3c(-c4cccc(Nc5ccc(C6CC6)cc5)c4C)ccc(C(N)=O)c3[nH]2)CC1. The van der Waals surface area contributed by atoms with Crippen LogP contribution in [0.25, 0.3) is 27.6 Å². The molecule has 6 heteroatoms. The third-order valence-electron chi connectivity index (χ3n) is 7.92. The molecule has 4 N–H and O–H groups in total. The Kier molecular flexibility index (Phi) is 6.03. The average Bonchev–Trinajstić information content (AvgIpc) is 3.67. The van der Waals surface area contributed by atoms with Crippen LogP contribution >= 0.6 is 0 Å². The van der Waals surface area contributed by atoms with Crippen LogP contribution in [0.2, 0.25) is 0 Å². The number of nitrogens with two attached hydrogens (primary N) is 1. The summed E-state index contributed by atoms with van der Waals surface area (Å²) >= 11 is 0. The molecule has 0 bridgehead atoms. The number of fused-ring (bicyclic) bond motifs is 1. The number of anilines is 2. The van der Waals surface area contributed by atoms with Gasteiger partial charge in [-0.3, -0.25) is 9.59 Å². The molecule has 1 aromatic heterocycles. The van der Waals surface area contributed by atoms with E-state index in [1.807, 2.05) is 17.0 Å². The number of hydrogen-bond donors (Lipinski definition) is 3. The first-order chi connectivity index (χ1) is 18.4. The van der Waals surface area contributed by atoms with Crippen molar-refractivity contribution in [2.24, 2.45) is 5.73 Å². The highest BCUT2D eigenvalue weighted by Crippen LogP contribution is 2.41. The zero-order chi connectivity index (χ0) is 26.4. The number of aromatic nitrogens is 1. The maximum atomic E-state index is 12.3. The van der Waals surface area contributed by atoms with Gasteiger partial charge in [-0.2, -0.15) is 0 Å². The van der Waals surface area contributed by atoms with Gasteiger partial charge in [-0.15, -0.1) is 0 Å². The summed E-state index contributed by atoms with van der Waals surface area (Å²) in [5, 5.41) is 4.55. The minimum absolute atomic E-state index is 0.0815. The number of nitrogens with zero attached hydrogens (tertiary/aromatic N) is 1. The van der Waals surface area contributed by atoms with Gasteiger partial charge in [0.05, 0.1) is 11.1 Å². The summed E-state index contributed by atoms with van der Waals surface area (Å²) in [5.74, 6) is 0.360. The summed E-state index contributed by atoms with van der Waals surface area (Å²) in [4.78, 5) is 29.4. The molecule has 3 aromatic carbocycles. The zero-order valence-corrected chi connectivity index (χ0v) is 21.8. The lowest BCUT2D eigenvalue weighted by molar-refractivity contribution is -0.128. The molecule has 1 aliphatic heterocycles. The van der Waals surface area contributed by atoms with E-state index in [1.54, 1.807) is 6.92 Å². The molecule has 1 aliphatic carbocycles. The van der Waals surface area contributed by atoms with Crippen molar-refractivity contribution in [2.45, 2.75) is 39.0 Å². The third-order valence-corrected chi connectivity index (χ3v) is 7.92. The second-order valence-corrected chi connectivity index (χ2v) is 10.4. The van der Waals surface area contributed by atoms with E-state index >= 15 is 0 Å². The number of primary amides is 1. The van der Waals surface area contributed by atoms with Gasteiger partial charge in [0, 0.05) is 42.5 Å². The molecule has 0 spiro atoms. The summed E-state index contributed by atoms with van der Waals surface area (Å²) in [7, 11) is 0. The fourth-order valence-corrected chi connectivity index (χ4v) is 5.51. The number of carbonyl (C=O) groups is 2. The van der Waals surface area contributed by atoms with Gasteiger partial charge in [0.25, 0.3) is 5.91 Å². The highest BCUT2D eigenvalue weighted by molar-refractivity contribution is 6.10. The second-order valence-electron chi connectivity index (χ2n) is 10.4.